The molecule has 2 heterocycles. The third kappa shape index (κ3) is 5.39. The van der Waals surface area contributed by atoms with Gasteiger partial charge in [-0.15, -0.1) is 0 Å². The molecule has 3 aromatic carbocycles. The molecule has 35 heavy (non-hydrogen) atoms. The molecule has 0 saturated carbocycles. The fourth-order valence-electron chi connectivity index (χ4n) is 4.33. The Kier molecular flexibility index (Phi) is 6.61. The van der Waals surface area contributed by atoms with Crippen molar-refractivity contribution in [3.63, 3.8) is 0 Å². The van der Waals surface area contributed by atoms with Crippen LogP contribution in [0.25, 0.3) is 0 Å². The number of nitrogens with zero attached hydrogens (tertiary/aromatic N) is 2. The van der Waals surface area contributed by atoms with Gasteiger partial charge in [-0.3, -0.25) is 4.79 Å². The lowest BCUT2D eigenvalue weighted by molar-refractivity contribution is -0.117. The molecule has 1 amide bonds. The number of aliphatic imine (C=N–C) groups is 1. The minimum Gasteiger partial charge on any atom is -0.455 e. The van der Waals surface area contributed by atoms with Crippen LogP contribution in [-0.2, 0) is 21.1 Å². The molecule has 0 aliphatic carbocycles. The normalized spacial score (nSPS) is 21.8. The summed E-state index contributed by atoms with van der Waals surface area (Å²) in [6.45, 7) is 1.98. The van der Waals surface area contributed by atoms with E-state index in [1.807, 2.05) is 66.4 Å². The van der Waals surface area contributed by atoms with Gasteiger partial charge in [-0.25, -0.2) is 8.42 Å². The van der Waals surface area contributed by atoms with Crippen LogP contribution < -0.4 is 9.64 Å². The molecule has 2 fully saturated rings. The van der Waals surface area contributed by atoms with Crippen molar-refractivity contribution in [3.05, 3.63) is 88.9 Å². The molecular formula is C26H23ClN2O4S2. The van der Waals surface area contributed by atoms with Gasteiger partial charge in [0.25, 0.3) is 5.91 Å². The van der Waals surface area contributed by atoms with Crippen LogP contribution in [0.4, 0.5) is 5.69 Å². The van der Waals surface area contributed by atoms with Crippen LogP contribution in [0, 0.1) is 6.92 Å². The lowest BCUT2D eigenvalue weighted by Crippen LogP contribution is -2.38. The smallest absolute Gasteiger partial charge is 0.252 e. The fraction of sp³-hybridized carbons (Fsp3) is 0.231. The van der Waals surface area contributed by atoms with E-state index in [-0.39, 0.29) is 35.1 Å². The SMILES string of the molecule is Cc1cccc(Oc2ccc(Cl)cc2N2C(=NC(=O)Cc3ccccc3)S[C@@H]3CS(=O)(=O)C[C@@H]32)c1. The highest BCUT2D eigenvalue weighted by molar-refractivity contribution is 8.16. The van der Waals surface area contributed by atoms with Crippen molar-refractivity contribution in [1.29, 1.82) is 0 Å². The number of amidine groups is 1. The van der Waals surface area contributed by atoms with E-state index in [1.165, 1.54) is 11.8 Å². The molecule has 0 N–H and O–H groups in total. The molecule has 0 radical (unpaired) electrons. The second-order valence-electron chi connectivity index (χ2n) is 8.65. The first-order valence-electron chi connectivity index (χ1n) is 11.1. The predicted octanol–water partition coefficient (Wildman–Crippen LogP) is 5.28. The van der Waals surface area contributed by atoms with Gasteiger partial charge in [-0.1, -0.05) is 65.8 Å². The largest absolute Gasteiger partial charge is 0.455 e. The van der Waals surface area contributed by atoms with E-state index in [9.17, 15) is 13.2 Å². The van der Waals surface area contributed by atoms with Crippen molar-refractivity contribution >= 4 is 50.0 Å². The number of sulfone groups is 1. The Morgan fingerprint density at radius 2 is 1.89 bits per heavy atom. The van der Waals surface area contributed by atoms with Crippen molar-refractivity contribution in [2.24, 2.45) is 4.99 Å². The number of rotatable bonds is 5. The molecule has 0 spiro atoms. The number of hydrogen-bond donors (Lipinski definition) is 0. The summed E-state index contributed by atoms with van der Waals surface area (Å²) in [7, 11) is -3.21. The third-order valence-corrected chi connectivity index (χ3v) is 9.33. The number of carbonyl (C=O) groups excluding carboxylic acids is 1. The zero-order valence-corrected chi connectivity index (χ0v) is 21.3. The highest BCUT2D eigenvalue weighted by Gasteiger charge is 2.50. The van der Waals surface area contributed by atoms with Gasteiger partial charge in [-0.05, 0) is 48.4 Å². The highest BCUT2D eigenvalue weighted by atomic mass is 35.5. The van der Waals surface area contributed by atoms with Crippen molar-refractivity contribution in [1.82, 2.24) is 0 Å². The number of amides is 1. The maximum Gasteiger partial charge on any atom is 0.252 e. The van der Waals surface area contributed by atoms with E-state index in [0.717, 1.165) is 11.1 Å². The zero-order valence-electron chi connectivity index (χ0n) is 18.9. The third-order valence-electron chi connectivity index (χ3n) is 5.88. The first kappa shape index (κ1) is 23.9. The predicted molar refractivity (Wildman–Crippen MR) is 142 cm³/mol. The fourth-order valence-corrected chi connectivity index (χ4v) is 8.42. The van der Waals surface area contributed by atoms with E-state index in [1.54, 1.807) is 18.2 Å². The molecule has 180 valence electrons. The van der Waals surface area contributed by atoms with Crippen LogP contribution in [0.15, 0.2) is 77.8 Å². The minimum atomic E-state index is -3.21. The number of ether oxygens (including phenoxy) is 1. The molecule has 2 saturated heterocycles. The van der Waals surface area contributed by atoms with E-state index in [4.69, 9.17) is 16.3 Å². The molecular weight excluding hydrogens is 504 g/mol. The maximum absolute atomic E-state index is 12.9. The molecule has 2 aliphatic heterocycles. The number of carbonyl (C=O) groups is 1. The Balaban J connectivity index is 1.54. The number of fused-ring (bicyclic) bond motifs is 1. The number of hydrogen-bond acceptors (Lipinski definition) is 5. The van der Waals surface area contributed by atoms with Gasteiger partial charge in [0.2, 0.25) is 0 Å². The standard InChI is InChI=1S/C26H23ClN2O4S2/c1-17-6-5-9-20(12-17)33-23-11-10-19(27)14-21(23)29-22-15-35(31,32)16-24(22)34-26(29)28-25(30)13-18-7-3-2-4-8-18/h2-12,14,22,24H,13,15-16H2,1H3/t22-,24+/m0/s1. The van der Waals surface area contributed by atoms with Crippen molar-refractivity contribution in [2.45, 2.75) is 24.6 Å². The van der Waals surface area contributed by atoms with Crippen LogP contribution in [0.5, 0.6) is 11.5 Å². The number of benzene rings is 3. The summed E-state index contributed by atoms with van der Waals surface area (Å²) in [6, 6.07) is 21.9. The molecule has 0 bridgehead atoms. The van der Waals surface area contributed by atoms with E-state index in [2.05, 4.69) is 4.99 Å². The zero-order chi connectivity index (χ0) is 24.6. The van der Waals surface area contributed by atoms with E-state index < -0.39 is 9.84 Å². The summed E-state index contributed by atoms with van der Waals surface area (Å²) in [6.07, 6.45) is 0.161. The van der Waals surface area contributed by atoms with Gasteiger partial charge in [0.15, 0.2) is 20.8 Å². The second kappa shape index (κ2) is 9.68. The Morgan fingerprint density at radius 3 is 2.66 bits per heavy atom. The quantitative estimate of drug-likeness (QED) is 0.450. The number of halogens is 1. The lowest BCUT2D eigenvalue weighted by Gasteiger charge is -2.27. The van der Waals surface area contributed by atoms with E-state index in [0.29, 0.717) is 27.4 Å². The maximum atomic E-state index is 12.9. The Hall–Kier alpha value is -2.81. The van der Waals surface area contributed by atoms with Gasteiger partial charge in [-0.2, -0.15) is 4.99 Å². The van der Waals surface area contributed by atoms with Crippen molar-refractivity contribution in [2.75, 3.05) is 16.4 Å². The van der Waals surface area contributed by atoms with Gasteiger partial charge < -0.3 is 9.64 Å². The summed E-state index contributed by atoms with van der Waals surface area (Å²) < 4.78 is 31.1. The molecule has 2 atom stereocenters. The summed E-state index contributed by atoms with van der Waals surface area (Å²) in [5.74, 6) is 0.880. The van der Waals surface area contributed by atoms with Crippen LogP contribution in [-0.4, -0.2) is 42.3 Å². The average molecular weight is 527 g/mol. The number of anilines is 1. The van der Waals surface area contributed by atoms with E-state index >= 15 is 0 Å². The summed E-state index contributed by atoms with van der Waals surface area (Å²) in [4.78, 5) is 19.1. The molecule has 5 rings (SSSR count). The minimum absolute atomic E-state index is 0.0209. The number of thioether (sulfide) groups is 1. The van der Waals surface area contributed by atoms with Crippen molar-refractivity contribution in [3.8, 4) is 11.5 Å². The first-order valence-corrected chi connectivity index (χ1v) is 14.2. The topological polar surface area (TPSA) is 76.0 Å². The average Bonchev–Trinajstić information content (AvgIpc) is 3.26. The summed E-state index contributed by atoms with van der Waals surface area (Å²) in [5.41, 5.74) is 2.50. The molecule has 2 aliphatic rings. The van der Waals surface area contributed by atoms with Gasteiger partial charge in [0, 0.05) is 10.3 Å². The Bertz CT molecular complexity index is 1410. The first-order chi connectivity index (χ1) is 16.8. The summed E-state index contributed by atoms with van der Waals surface area (Å²) in [5, 5.41) is 0.710. The number of aryl methyl sites for hydroxylation is 1. The Labute approximate surface area is 213 Å². The summed E-state index contributed by atoms with van der Waals surface area (Å²) >= 11 is 7.70. The molecule has 6 nitrogen and oxygen atoms in total. The monoisotopic (exact) mass is 526 g/mol. The lowest BCUT2D eigenvalue weighted by atomic mass is 10.1. The second-order valence-corrected chi connectivity index (χ2v) is 12.4. The molecule has 0 unspecified atom stereocenters. The van der Waals surface area contributed by atoms with Crippen molar-refractivity contribution < 1.29 is 17.9 Å². The molecule has 0 aromatic heterocycles. The molecule has 3 aromatic rings. The highest BCUT2D eigenvalue weighted by Crippen LogP contribution is 2.45. The van der Waals surface area contributed by atoms with Gasteiger partial charge in [0.1, 0.15) is 5.75 Å². The van der Waals surface area contributed by atoms with Crippen LogP contribution in [0.2, 0.25) is 5.02 Å². The van der Waals surface area contributed by atoms with Gasteiger partial charge >= 0.3 is 0 Å². The Morgan fingerprint density at radius 1 is 1.09 bits per heavy atom. The molecule has 9 heteroatoms. The van der Waals surface area contributed by atoms with Crippen LogP contribution in [0.3, 0.4) is 0 Å². The van der Waals surface area contributed by atoms with Crippen LogP contribution in [0.1, 0.15) is 11.1 Å². The van der Waals surface area contributed by atoms with Crippen LogP contribution >= 0.6 is 23.4 Å². The van der Waals surface area contributed by atoms with Gasteiger partial charge in [0.05, 0.1) is 29.7 Å².